The van der Waals surface area contributed by atoms with Crippen LogP contribution in [0.1, 0.15) is 19.4 Å². The van der Waals surface area contributed by atoms with Crippen molar-refractivity contribution in [1.82, 2.24) is 10.6 Å². The minimum Gasteiger partial charge on any atom is -0.491 e. The number of carbonyl (C=O) groups excluding carboxylic acids is 1. The zero-order chi connectivity index (χ0) is 16.8. The lowest BCUT2D eigenvalue weighted by Gasteiger charge is -2.19. The number of alkyl halides is 3. The van der Waals surface area contributed by atoms with Crippen molar-refractivity contribution in [1.29, 1.82) is 0 Å². The largest absolute Gasteiger partial charge is 0.491 e. The third kappa shape index (κ3) is 5.55. The lowest BCUT2D eigenvalue weighted by atomic mass is 10.1. The van der Waals surface area contributed by atoms with Crippen LogP contribution in [0.15, 0.2) is 24.3 Å². The van der Waals surface area contributed by atoms with Gasteiger partial charge in [0.1, 0.15) is 12.4 Å². The fourth-order valence-corrected chi connectivity index (χ4v) is 1.87. The second-order valence-electron chi connectivity index (χ2n) is 5.17. The molecule has 0 aliphatic rings. The molecule has 7 heteroatoms. The second-order valence-corrected chi connectivity index (χ2v) is 5.17. The van der Waals surface area contributed by atoms with Crippen molar-refractivity contribution in [2.24, 2.45) is 5.92 Å². The van der Waals surface area contributed by atoms with Gasteiger partial charge in [0, 0.05) is 12.5 Å². The van der Waals surface area contributed by atoms with Gasteiger partial charge in [-0.3, -0.25) is 4.79 Å². The van der Waals surface area contributed by atoms with Gasteiger partial charge in [0.25, 0.3) is 0 Å². The molecule has 1 amide bonds. The molecule has 124 valence electrons. The Morgan fingerprint density at radius 3 is 2.50 bits per heavy atom. The third-order valence-corrected chi connectivity index (χ3v) is 3.03. The molecule has 2 atom stereocenters. The maximum atomic E-state index is 12.8. The molecule has 0 radical (unpaired) electrons. The molecule has 2 N–H and O–H groups in total. The molecule has 0 aliphatic heterocycles. The summed E-state index contributed by atoms with van der Waals surface area (Å²) in [6.07, 6.45) is -4.47. The summed E-state index contributed by atoms with van der Waals surface area (Å²) in [6, 6.07) is 4.62. The van der Waals surface area contributed by atoms with Crippen molar-refractivity contribution in [3.05, 3.63) is 29.8 Å². The van der Waals surface area contributed by atoms with Gasteiger partial charge in [-0.05, 0) is 26.1 Å². The Morgan fingerprint density at radius 1 is 1.27 bits per heavy atom. The van der Waals surface area contributed by atoms with Crippen molar-refractivity contribution in [3.8, 4) is 5.75 Å². The monoisotopic (exact) mass is 318 g/mol. The first-order valence-corrected chi connectivity index (χ1v) is 6.99. The Kier molecular flexibility index (Phi) is 6.67. The smallest absolute Gasteiger partial charge is 0.419 e. The normalized spacial score (nSPS) is 14.3. The SMILES string of the molecule is CNCC(C)C(=O)NC(C)COc1ccccc1C(F)(F)F. The van der Waals surface area contributed by atoms with E-state index < -0.39 is 17.8 Å². The van der Waals surface area contributed by atoms with Crippen molar-refractivity contribution < 1.29 is 22.7 Å². The molecule has 0 saturated carbocycles. The fraction of sp³-hybridized carbons (Fsp3) is 0.533. The molecule has 0 aliphatic carbocycles. The van der Waals surface area contributed by atoms with E-state index in [-0.39, 0.29) is 24.2 Å². The zero-order valence-corrected chi connectivity index (χ0v) is 12.8. The molecule has 1 rings (SSSR count). The molecular weight excluding hydrogens is 297 g/mol. The first kappa shape index (κ1) is 18.3. The molecule has 0 heterocycles. The highest BCUT2D eigenvalue weighted by molar-refractivity contribution is 5.78. The lowest BCUT2D eigenvalue weighted by molar-refractivity contribution is -0.139. The molecule has 1 aromatic carbocycles. The summed E-state index contributed by atoms with van der Waals surface area (Å²) in [4.78, 5) is 11.8. The van der Waals surface area contributed by atoms with Gasteiger partial charge < -0.3 is 15.4 Å². The van der Waals surface area contributed by atoms with Gasteiger partial charge in [0.2, 0.25) is 5.91 Å². The molecule has 4 nitrogen and oxygen atoms in total. The molecular formula is C15H21F3N2O2. The predicted octanol–water partition coefficient (Wildman–Crippen LogP) is 2.44. The van der Waals surface area contributed by atoms with E-state index in [1.165, 1.54) is 18.2 Å². The highest BCUT2D eigenvalue weighted by Crippen LogP contribution is 2.35. The first-order valence-electron chi connectivity index (χ1n) is 6.99. The number of rotatable bonds is 7. The average Bonchev–Trinajstić information content (AvgIpc) is 2.44. The van der Waals surface area contributed by atoms with Crippen LogP contribution < -0.4 is 15.4 Å². The highest BCUT2D eigenvalue weighted by atomic mass is 19.4. The van der Waals surface area contributed by atoms with E-state index in [0.29, 0.717) is 6.54 Å². The molecule has 0 saturated heterocycles. The summed E-state index contributed by atoms with van der Waals surface area (Å²) in [5.74, 6) is -0.635. The summed E-state index contributed by atoms with van der Waals surface area (Å²) in [5, 5.41) is 5.59. The minimum absolute atomic E-state index is 0.0366. The van der Waals surface area contributed by atoms with Crippen LogP contribution in [0.4, 0.5) is 13.2 Å². The van der Waals surface area contributed by atoms with Crippen LogP contribution >= 0.6 is 0 Å². The van der Waals surface area contributed by atoms with Gasteiger partial charge in [-0.2, -0.15) is 13.2 Å². The maximum absolute atomic E-state index is 12.8. The number of hydrogen-bond donors (Lipinski definition) is 2. The number of amides is 1. The minimum atomic E-state index is -4.47. The third-order valence-electron chi connectivity index (χ3n) is 3.03. The topological polar surface area (TPSA) is 50.4 Å². The maximum Gasteiger partial charge on any atom is 0.419 e. The van der Waals surface area contributed by atoms with E-state index >= 15 is 0 Å². The number of benzene rings is 1. The quantitative estimate of drug-likeness (QED) is 0.812. The first-order chi connectivity index (χ1) is 10.3. The number of carbonyl (C=O) groups is 1. The Labute approximate surface area is 128 Å². The van der Waals surface area contributed by atoms with Gasteiger partial charge >= 0.3 is 6.18 Å². The van der Waals surface area contributed by atoms with Crippen molar-refractivity contribution >= 4 is 5.91 Å². The van der Waals surface area contributed by atoms with Crippen molar-refractivity contribution in [2.75, 3.05) is 20.2 Å². The molecule has 0 bridgehead atoms. The van der Waals surface area contributed by atoms with E-state index in [9.17, 15) is 18.0 Å². The standard InChI is InChI=1S/C15H21F3N2O2/c1-10(8-19-3)14(21)20-11(2)9-22-13-7-5-4-6-12(13)15(16,17)18/h4-7,10-11,19H,8-9H2,1-3H3,(H,20,21). The van der Waals surface area contributed by atoms with Crippen LogP contribution in [0.2, 0.25) is 0 Å². The Bertz CT molecular complexity index is 492. The average molecular weight is 318 g/mol. The van der Waals surface area contributed by atoms with Gasteiger partial charge in [-0.1, -0.05) is 19.1 Å². The number of ether oxygens (including phenoxy) is 1. The summed E-state index contributed by atoms with van der Waals surface area (Å²) < 4.78 is 43.7. The van der Waals surface area contributed by atoms with Gasteiger partial charge in [-0.15, -0.1) is 0 Å². The predicted molar refractivity (Wildman–Crippen MR) is 77.6 cm³/mol. The molecule has 2 unspecified atom stereocenters. The number of para-hydroxylation sites is 1. The lowest BCUT2D eigenvalue weighted by Crippen LogP contribution is -2.42. The van der Waals surface area contributed by atoms with Crippen LogP contribution in [-0.4, -0.2) is 32.1 Å². The number of halogens is 3. The van der Waals surface area contributed by atoms with Crippen LogP contribution in [0.3, 0.4) is 0 Å². The van der Waals surface area contributed by atoms with Gasteiger partial charge in [0.05, 0.1) is 11.6 Å². The summed E-state index contributed by atoms with van der Waals surface area (Å²) in [7, 11) is 1.74. The molecule has 0 aromatic heterocycles. The van der Waals surface area contributed by atoms with E-state index in [4.69, 9.17) is 4.74 Å². The molecule has 1 aromatic rings. The van der Waals surface area contributed by atoms with Crippen molar-refractivity contribution in [3.63, 3.8) is 0 Å². The summed E-state index contributed by atoms with van der Waals surface area (Å²) >= 11 is 0. The number of nitrogens with one attached hydrogen (secondary N) is 2. The Hall–Kier alpha value is -1.76. The zero-order valence-electron chi connectivity index (χ0n) is 12.8. The molecule has 22 heavy (non-hydrogen) atoms. The van der Waals surface area contributed by atoms with E-state index in [1.807, 2.05) is 0 Å². The van der Waals surface area contributed by atoms with E-state index in [2.05, 4.69) is 10.6 Å². The summed E-state index contributed by atoms with van der Waals surface area (Å²) in [6.45, 7) is 3.93. The fourth-order valence-electron chi connectivity index (χ4n) is 1.87. The Morgan fingerprint density at radius 2 is 1.91 bits per heavy atom. The van der Waals surface area contributed by atoms with Crippen molar-refractivity contribution in [2.45, 2.75) is 26.1 Å². The van der Waals surface area contributed by atoms with E-state index in [1.54, 1.807) is 20.9 Å². The van der Waals surface area contributed by atoms with Crippen LogP contribution in [0.25, 0.3) is 0 Å². The summed E-state index contributed by atoms with van der Waals surface area (Å²) in [5.41, 5.74) is -0.822. The molecule has 0 spiro atoms. The van der Waals surface area contributed by atoms with Gasteiger partial charge in [0.15, 0.2) is 0 Å². The highest BCUT2D eigenvalue weighted by Gasteiger charge is 2.34. The number of hydrogen-bond acceptors (Lipinski definition) is 3. The van der Waals surface area contributed by atoms with Crippen LogP contribution in [0, 0.1) is 5.92 Å². The van der Waals surface area contributed by atoms with Crippen LogP contribution in [-0.2, 0) is 11.0 Å². The van der Waals surface area contributed by atoms with Gasteiger partial charge in [-0.25, -0.2) is 0 Å². The van der Waals surface area contributed by atoms with E-state index in [0.717, 1.165) is 6.07 Å². The second kappa shape index (κ2) is 8.03. The Balaban J connectivity index is 2.58. The van der Waals surface area contributed by atoms with Crippen LogP contribution in [0.5, 0.6) is 5.75 Å². The molecule has 0 fully saturated rings.